The lowest BCUT2D eigenvalue weighted by molar-refractivity contribution is -0.154. The Morgan fingerprint density at radius 2 is 2.05 bits per heavy atom. The molecule has 2 atom stereocenters. The van der Waals surface area contributed by atoms with Crippen LogP contribution in [0.5, 0.6) is 0 Å². The number of carbonyl (C=O) groups is 2. The molecule has 1 amide bonds. The van der Waals surface area contributed by atoms with Gasteiger partial charge in [0.25, 0.3) is 0 Å². The molecular formula is C12H20ClNO5. The van der Waals surface area contributed by atoms with Crippen molar-refractivity contribution in [2.45, 2.75) is 51.4 Å². The molecule has 1 fully saturated rings. The Hall–Kier alpha value is -1.01. The van der Waals surface area contributed by atoms with Gasteiger partial charge in [0.2, 0.25) is 0 Å². The molecule has 0 aromatic rings. The van der Waals surface area contributed by atoms with E-state index in [0.29, 0.717) is 19.4 Å². The number of carbonyl (C=O) groups excluding carboxylic acids is 2. The number of hydrogen-bond acceptors (Lipinski definition) is 5. The van der Waals surface area contributed by atoms with Gasteiger partial charge in [0, 0.05) is 6.54 Å². The van der Waals surface area contributed by atoms with Crippen LogP contribution in [-0.4, -0.2) is 42.5 Å². The molecule has 1 aliphatic heterocycles. The number of ether oxygens (including phenoxy) is 3. The van der Waals surface area contributed by atoms with Crippen molar-refractivity contribution < 1.29 is 23.8 Å². The first-order valence-corrected chi connectivity index (χ1v) is 6.70. The minimum Gasteiger partial charge on any atom is -0.447 e. The molecule has 0 aromatic carbocycles. The Bertz CT molecular complexity index is 329. The maximum atomic E-state index is 11.4. The topological polar surface area (TPSA) is 73.9 Å². The summed E-state index contributed by atoms with van der Waals surface area (Å²) < 4.78 is 15.2. The van der Waals surface area contributed by atoms with Crippen LogP contribution in [0.2, 0.25) is 0 Å². The van der Waals surface area contributed by atoms with Crippen LogP contribution in [0.3, 0.4) is 0 Å². The second-order valence-corrected chi connectivity index (χ2v) is 5.50. The van der Waals surface area contributed by atoms with Crippen molar-refractivity contribution in [1.82, 2.24) is 5.32 Å². The number of esters is 1. The van der Waals surface area contributed by atoms with Gasteiger partial charge in [0.1, 0.15) is 5.60 Å². The van der Waals surface area contributed by atoms with E-state index in [2.05, 4.69) is 10.1 Å². The zero-order valence-corrected chi connectivity index (χ0v) is 12.2. The molecule has 110 valence electrons. The first-order valence-electron chi connectivity index (χ1n) is 6.16. The number of amides is 1. The average Bonchev–Trinajstić information content (AvgIpc) is 2.73. The van der Waals surface area contributed by atoms with Crippen LogP contribution in [0.25, 0.3) is 0 Å². The molecule has 19 heavy (non-hydrogen) atoms. The van der Waals surface area contributed by atoms with Gasteiger partial charge in [-0.1, -0.05) is 11.6 Å². The maximum Gasteiger partial charge on any atom is 0.407 e. The highest BCUT2D eigenvalue weighted by atomic mass is 35.5. The quantitative estimate of drug-likeness (QED) is 0.632. The van der Waals surface area contributed by atoms with Crippen molar-refractivity contribution in [3.63, 3.8) is 0 Å². The van der Waals surface area contributed by atoms with E-state index in [9.17, 15) is 9.59 Å². The number of alkyl halides is 1. The van der Waals surface area contributed by atoms with Crippen LogP contribution >= 0.6 is 11.6 Å². The third-order valence-electron chi connectivity index (χ3n) is 2.44. The molecule has 1 rings (SSSR count). The van der Waals surface area contributed by atoms with E-state index in [4.69, 9.17) is 21.1 Å². The van der Waals surface area contributed by atoms with E-state index >= 15 is 0 Å². The molecular weight excluding hydrogens is 274 g/mol. The lowest BCUT2D eigenvalue weighted by Gasteiger charge is -2.20. The predicted molar refractivity (Wildman–Crippen MR) is 68.9 cm³/mol. The molecule has 7 heteroatoms. The van der Waals surface area contributed by atoms with Gasteiger partial charge >= 0.3 is 12.1 Å². The molecule has 1 aliphatic rings. The second-order valence-electron chi connectivity index (χ2n) is 5.28. The second kappa shape index (κ2) is 6.96. The Kier molecular flexibility index (Phi) is 5.87. The number of halogens is 1. The molecule has 1 heterocycles. The Balaban J connectivity index is 2.25. The molecule has 0 radical (unpaired) electrons. The summed E-state index contributed by atoms with van der Waals surface area (Å²) in [6.07, 6.45) is -0.0544. The van der Waals surface area contributed by atoms with E-state index in [-0.39, 0.29) is 12.2 Å². The Morgan fingerprint density at radius 1 is 1.37 bits per heavy atom. The molecule has 1 N–H and O–H groups in total. The Morgan fingerprint density at radius 3 is 2.63 bits per heavy atom. The number of alkyl carbamates (subject to hydrolysis) is 1. The van der Waals surface area contributed by atoms with Crippen molar-refractivity contribution in [1.29, 1.82) is 0 Å². The summed E-state index contributed by atoms with van der Waals surface area (Å²) in [5, 5.41) is 2.61. The van der Waals surface area contributed by atoms with E-state index in [0.717, 1.165) is 0 Å². The molecule has 2 unspecified atom stereocenters. The third kappa shape index (κ3) is 6.11. The molecule has 0 spiro atoms. The molecule has 1 saturated heterocycles. The summed E-state index contributed by atoms with van der Waals surface area (Å²) in [6.45, 7) is 5.67. The smallest absolute Gasteiger partial charge is 0.407 e. The average molecular weight is 294 g/mol. The highest BCUT2D eigenvalue weighted by Gasteiger charge is 2.32. The first-order chi connectivity index (χ1) is 8.81. The van der Waals surface area contributed by atoms with Crippen molar-refractivity contribution in [2.75, 3.05) is 12.6 Å². The van der Waals surface area contributed by atoms with Crippen LogP contribution < -0.4 is 5.32 Å². The van der Waals surface area contributed by atoms with Crippen molar-refractivity contribution in [2.24, 2.45) is 0 Å². The van der Waals surface area contributed by atoms with Crippen molar-refractivity contribution >= 4 is 23.7 Å². The molecule has 0 saturated carbocycles. The molecule has 0 aliphatic carbocycles. The number of hydrogen-bond donors (Lipinski definition) is 1. The summed E-state index contributed by atoms with van der Waals surface area (Å²) >= 11 is 5.30. The number of rotatable bonds is 4. The van der Waals surface area contributed by atoms with Crippen LogP contribution in [-0.2, 0) is 19.0 Å². The van der Waals surface area contributed by atoms with Gasteiger partial charge in [-0.15, -0.1) is 0 Å². The monoisotopic (exact) mass is 293 g/mol. The standard InChI is InChI=1S/C12H20ClNO5/c1-12(2,3)19-11(16)14-6-8-4-5-9(18-8)10(15)17-7-13/h8-9H,4-7H2,1-3H3,(H,14,16). The summed E-state index contributed by atoms with van der Waals surface area (Å²) in [7, 11) is 0. The lowest BCUT2D eigenvalue weighted by Crippen LogP contribution is -2.37. The summed E-state index contributed by atoms with van der Waals surface area (Å²) in [5.74, 6) is -0.463. The van der Waals surface area contributed by atoms with Gasteiger partial charge in [0.15, 0.2) is 12.2 Å². The summed E-state index contributed by atoms with van der Waals surface area (Å²) in [5.41, 5.74) is -0.534. The molecule has 0 aromatic heterocycles. The minimum absolute atomic E-state index is 0.181. The Labute approximate surface area is 117 Å². The zero-order valence-electron chi connectivity index (χ0n) is 11.4. The SMILES string of the molecule is CC(C)(C)OC(=O)NCC1CCC(C(=O)OCCl)O1. The normalized spacial score (nSPS) is 22.9. The first kappa shape index (κ1) is 16.0. The van der Waals surface area contributed by atoms with E-state index in [1.54, 1.807) is 20.8 Å². The fourth-order valence-electron chi connectivity index (χ4n) is 1.69. The van der Waals surface area contributed by atoms with Crippen LogP contribution in [0, 0.1) is 0 Å². The maximum absolute atomic E-state index is 11.4. The van der Waals surface area contributed by atoms with E-state index in [1.165, 1.54) is 0 Å². The van der Waals surface area contributed by atoms with Crippen molar-refractivity contribution in [3.05, 3.63) is 0 Å². The van der Waals surface area contributed by atoms with Gasteiger partial charge in [-0.2, -0.15) is 0 Å². The predicted octanol–water partition coefficient (Wildman–Crippen LogP) is 1.80. The van der Waals surface area contributed by atoms with Crippen LogP contribution in [0.4, 0.5) is 4.79 Å². The summed E-state index contributed by atoms with van der Waals surface area (Å²) in [4.78, 5) is 22.8. The van der Waals surface area contributed by atoms with Crippen LogP contribution in [0.1, 0.15) is 33.6 Å². The van der Waals surface area contributed by atoms with Gasteiger partial charge in [0.05, 0.1) is 6.10 Å². The fraction of sp³-hybridized carbons (Fsp3) is 0.833. The van der Waals surface area contributed by atoms with E-state index in [1.807, 2.05) is 0 Å². The fourth-order valence-corrected chi connectivity index (χ4v) is 1.79. The highest BCUT2D eigenvalue weighted by Crippen LogP contribution is 2.20. The highest BCUT2D eigenvalue weighted by molar-refractivity contribution is 6.17. The van der Waals surface area contributed by atoms with Gasteiger partial charge < -0.3 is 19.5 Å². The van der Waals surface area contributed by atoms with Gasteiger partial charge in [-0.05, 0) is 33.6 Å². The third-order valence-corrected chi connectivity index (χ3v) is 2.55. The van der Waals surface area contributed by atoms with Gasteiger partial charge in [-0.25, -0.2) is 9.59 Å². The molecule has 6 nitrogen and oxygen atoms in total. The largest absolute Gasteiger partial charge is 0.447 e. The summed E-state index contributed by atoms with van der Waals surface area (Å²) in [6, 6.07) is -0.181. The minimum atomic E-state index is -0.593. The molecule has 0 bridgehead atoms. The zero-order chi connectivity index (χ0) is 14.5. The van der Waals surface area contributed by atoms with Gasteiger partial charge in [-0.3, -0.25) is 0 Å². The van der Waals surface area contributed by atoms with Crippen molar-refractivity contribution in [3.8, 4) is 0 Å². The van der Waals surface area contributed by atoms with Crippen LogP contribution in [0.15, 0.2) is 0 Å². The van der Waals surface area contributed by atoms with E-state index < -0.39 is 23.8 Å². The lowest BCUT2D eigenvalue weighted by atomic mass is 10.2. The number of nitrogens with one attached hydrogen (secondary N) is 1.